The van der Waals surface area contributed by atoms with Crippen LogP contribution in [0.5, 0.6) is 0 Å². The number of nitrogens with zero attached hydrogens (tertiary/aromatic N) is 3. The van der Waals surface area contributed by atoms with Gasteiger partial charge in [-0.2, -0.15) is 5.10 Å². The number of rotatable bonds is 4. The summed E-state index contributed by atoms with van der Waals surface area (Å²) in [5.41, 5.74) is 3.25. The lowest BCUT2D eigenvalue weighted by molar-refractivity contribution is -0.121. The smallest absolute Gasteiger partial charge is 0.251 e. The molecule has 4 heteroatoms. The minimum atomic E-state index is -0.301. The standard InChI is InChI=1S/C16H21N3O/c1-5-18(15-11-12(2)7-8-13(15)3)16(20)14(4)19-10-6-9-17-19/h6-11,14H,5H2,1-4H3. The van der Waals surface area contributed by atoms with E-state index in [0.29, 0.717) is 6.54 Å². The maximum absolute atomic E-state index is 12.7. The monoisotopic (exact) mass is 271 g/mol. The van der Waals surface area contributed by atoms with Gasteiger partial charge in [0.25, 0.3) is 5.91 Å². The highest BCUT2D eigenvalue weighted by Crippen LogP contribution is 2.24. The number of carbonyl (C=O) groups is 1. The van der Waals surface area contributed by atoms with Crippen LogP contribution in [0, 0.1) is 13.8 Å². The van der Waals surface area contributed by atoms with E-state index in [2.05, 4.69) is 23.3 Å². The molecule has 0 aliphatic heterocycles. The molecule has 0 saturated carbocycles. The van der Waals surface area contributed by atoms with Crippen LogP contribution < -0.4 is 4.90 Å². The highest BCUT2D eigenvalue weighted by Gasteiger charge is 2.23. The summed E-state index contributed by atoms with van der Waals surface area (Å²) in [6, 6.07) is 7.71. The molecule has 0 fully saturated rings. The summed E-state index contributed by atoms with van der Waals surface area (Å²) in [5, 5.41) is 4.16. The zero-order chi connectivity index (χ0) is 14.7. The molecule has 106 valence electrons. The Bertz CT molecular complexity index is 590. The Hall–Kier alpha value is -2.10. The molecule has 2 aromatic rings. The average molecular weight is 271 g/mol. The van der Waals surface area contributed by atoms with Gasteiger partial charge in [-0.15, -0.1) is 0 Å². The fourth-order valence-electron chi connectivity index (χ4n) is 2.30. The summed E-state index contributed by atoms with van der Waals surface area (Å²) < 4.78 is 1.69. The van der Waals surface area contributed by atoms with E-state index in [1.165, 1.54) is 0 Å². The van der Waals surface area contributed by atoms with Crippen molar-refractivity contribution >= 4 is 11.6 Å². The fraction of sp³-hybridized carbons (Fsp3) is 0.375. The molecule has 0 aliphatic rings. The lowest BCUT2D eigenvalue weighted by Gasteiger charge is -2.26. The van der Waals surface area contributed by atoms with Crippen molar-refractivity contribution in [1.29, 1.82) is 0 Å². The van der Waals surface area contributed by atoms with Gasteiger partial charge in [0.15, 0.2) is 0 Å². The number of benzene rings is 1. The van der Waals surface area contributed by atoms with Crippen LogP contribution in [0.4, 0.5) is 5.69 Å². The third-order valence-electron chi connectivity index (χ3n) is 3.52. The molecule has 1 atom stereocenters. The number of hydrogen-bond donors (Lipinski definition) is 0. The zero-order valence-corrected chi connectivity index (χ0v) is 12.5. The van der Waals surface area contributed by atoms with Crippen molar-refractivity contribution in [2.75, 3.05) is 11.4 Å². The van der Waals surface area contributed by atoms with E-state index in [9.17, 15) is 4.79 Å². The van der Waals surface area contributed by atoms with Crippen LogP contribution in [0.25, 0.3) is 0 Å². The average Bonchev–Trinajstić information content (AvgIpc) is 2.96. The van der Waals surface area contributed by atoms with Crippen molar-refractivity contribution in [2.24, 2.45) is 0 Å². The molecule has 2 rings (SSSR count). The predicted octanol–water partition coefficient (Wildman–Crippen LogP) is 3.11. The number of carbonyl (C=O) groups excluding carboxylic acids is 1. The maximum atomic E-state index is 12.7. The number of aryl methyl sites for hydroxylation is 2. The molecule has 0 saturated heterocycles. The van der Waals surface area contributed by atoms with Gasteiger partial charge in [0.05, 0.1) is 0 Å². The molecule has 1 amide bonds. The molecular weight excluding hydrogens is 250 g/mol. The SMILES string of the molecule is CCN(C(=O)C(C)n1cccn1)c1cc(C)ccc1C. The number of amides is 1. The largest absolute Gasteiger partial charge is 0.311 e. The number of aromatic nitrogens is 2. The van der Waals surface area contributed by atoms with E-state index in [1.54, 1.807) is 10.9 Å². The van der Waals surface area contributed by atoms with Crippen molar-refractivity contribution in [3.05, 3.63) is 47.8 Å². The van der Waals surface area contributed by atoms with Gasteiger partial charge in [0.2, 0.25) is 0 Å². The summed E-state index contributed by atoms with van der Waals surface area (Å²) >= 11 is 0. The van der Waals surface area contributed by atoms with Gasteiger partial charge in [-0.05, 0) is 51.0 Å². The van der Waals surface area contributed by atoms with Crippen molar-refractivity contribution < 1.29 is 4.79 Å². The molecule has 1 unspecified atom stereocenters. The second-order valence-electron chi connectivity index (χ2n) is 5.03. The van der Waals surface area contributed by atoms with E-state index in [1.807, 2.05) is 44.9 Å². The van der Waals surface area contributed by atoms with Crippen LogP contribution in [0.3, 0.4) is 0 Å². The Labute approximate surface area is 120 Å². The molecular formula is C16H21N3O. The van der Waals surface area contributed by atoms with E-state index < -0.39 is 0 Å². The molecule has 0 bridgehead atoms. The van der Waals surface area contributed by atoms with Gasteiger partial charge in [-0.3, -0.25) is 9.48 Å². The minimum Gasteiger partial charge on any atom is -0.311 e. The zero-order valence-electron chi connectivity index (χ0n) is 12.5. The first-order valence-corrected chi connectivity index (χ1v) is 6.92. The Morgan fingerprint density at radius 1 is 1.40 bits per heavy atom. The molecule has 1 aromatic heterocycles. The van der Waals surface area contributed by atoms with Crippen molar-refractivity contribution in [1.82, 2.24) is 9.78 Å². The summed E-state index contributed by atoms with van der Waals surface area (Å²) in [5.74, 6) is 0.0601. The number of hydrogen-bond acceptors (Lipinski definition) is 2. The van der Waals surface area contributed by atoms with Crippen LogP contribution >= 0.6 is 0 Å². The van der Waals surface area contributed by atoms with Gasteiger partial charge in [0, 0.05) is 24.6 Å². The van der Waals surface area contributed by atoms with Gasteiger partial charge in [0.1, 0.15) is 6.04 Å². The van der Waals surface area contributed by atoms with Crippen LogP contribution in [-0.4, -0.2) is 22.2 Å². The minimum absolute atomic E-state index is 0.0601. The molecule has 4 nitrogen and oxygen atoms in total. The Kier molecular flexibility index (Phi) is 4.23. The lowest BCUT2D eigenvalue weighted by Crippen LogP contribution is -2.36. The van der Waals surface area contributed by atoms with Gasteiger partial charge < -0.3 is 4.90 Å². The predicted molar refractivity (Wildman–Crippen MR) is 80.9 cm³/mol. The quantitative estimate of drug-likeness (QED) is 0.857. The lowest BCUT2D eigenvalue weighted by atomic mass is 10.1. The summed E-state index contributed by atoms with van der Waals surface area (Å²) in [7, 11) is 0. The van der Waals surface area contributed by atoms with Crippen LogP contribution in [0.1, 0.15) is 31.0 Å². The summed E-state index contributed by atoms with van der Waals surface area (Å²) in [4.78, 5) is 14.5. The molecule has 0 spiro atoms. The first-order valence-electron chi connectivity index (χ1n) is 6.92. The van der Waals surface area contributed by atoms with Crippen molar-refractivity contribution in [2.45, 2.75) is 33.7 Å². The molecule has 0 aliphatic carbocycles. The van der Waals surface area contributed by atoms with E-state index in [0.717, 1.165) is 16.8 Å². The molecule has 0 N–H and O–H groups in total. The fourth-order valence-corrected chi connectivity index (χ4v) is 2.30. The Morgan fingerprint density at radius 3 is 2.75 bits per heavy atom. The third kappa shape index (κ3) is 2.74. The summed E-state index contributed by atoms with van der Waals surface area (Å²) in [6.45, 7) is 8.59. The topological polar surface area (TPSA) is 38.1 Å². The first-order chi connectivity index (χ1) is 9.54. The first kappa shape index (κ1) is 14.3. The van der Waals surface area contributed by atoms with Gasteiger partial charge in [-0.25, -0.2) is 0 Å². The van der Waals surface area contributed by atoms with Crippen molar-refractivity contribution in [3.8, 4) is 0 Å². The molecule has 1 aromatic carbocycles. The second-order valence-corrected chi connectivity index (χ2v) is 5.03. The van der Waals surface area contributed by atoms with Gasteiger partial charge >= 0.3 is 0 Å². The molecule has 20 heavy (non-hydrogen) atoms. The van der Waals surface area contributed by atoms with Crippen LogP contribution in [0.15, 0.2) is 36.7 Å². The second kappa shape index (κ2) is 5.90. The molecule has 1 heterocycles. The van der Waals surface area contributed by atoms with E-state index >= 15 is 0 Å². The normalized spacial score (nSPS) is 12.2. The van der Waals surface area contributed by atoms with E-state index in [-0.39, 0.29) is 11.9 Å². The van der Waals surface area contributed by atoms with E-state index in [4.69, 9.17) is 0 Å². The summed E-state index contributed by atoms with van der Waals surface area (Å²) in [6.07, 6.45) is 3.51. The van der Waals surface area contributed by atoms with Crippen molar-refractivity contribution in [3.63, 3.8) is 0 Å². The maximum Gasteiger partial charge on any atom is 0.251 e. The Morgan fingerprint density at radius 2 is 2.15 bits per heavy atom. The highest BCUT2D eigenvalue weighted by molar-refractivity contribution is 5.96. The number of likely N-dealkylation sites (N-methyl/N-ethyl adjacent to an activating group) is 1. The van der Waals surface area contributed by atoms with Gasteiger partial charge in [-0.1, -0.05) is 12.1 Å². The highest BCUT2D eigenvalue weighted by atomic mass is 16.2. The van der Waals surface area contributed by atoms with Crippen LogP contribution in [0.2, 0.25) is 0 Å². The number of anilines is 1. The molecule has 0 radical (unpaired) electrons. The van der Waals surface area contributed by atoms with Crippen LogP contribution in [-0.2, 0) is 4.79 Å². The third-order valence-corrected chi connectivity index (χ3v) is 3.52. The Balaban J connectivity index is 2.32.